The van der Waals surface area contributed by atoms with Crippen LogP contribution in [0.25, 0.3) is 0 Å². The molecule has 3 nitrogen and oxygen atoms in total. The molecule has 0 amide bonds. The molecule has 3 heteroatoms. The lowest BCUT2D eigenvalue weighted by Gasteiger charge is -2.08. The molecule has 1 unspecified atom stereocenters. The first kappa shape index (κ1) is 11.9. The maximum absolute atomic E-state index is 9.08. The van der Waals surface area contributed by atoms with E-state index in [0.717, 1.165) is 24.4 Å². The third kappa shape index (κ3) is 4.70. The topological polar surface area (TPSA) is 41.5 Å². The molecule has 1 aromatic rings. The minimum absolute atomic E-state index is 0.250. The van der Waals surface area contributed by atoms with Crippen LogP contribution >= 0.6 is 0 Å². The van der Waals surface area contributed by atoms with Crippen LogP contribution in [0.3, 0.4) is 0 Å². The minimum atomic E-state index is -0.250. The van der Waals surface area contributed by atoms with Gasteiger partial charge in [0.05, 0.1) is 12.7 Å². The molecule has 0 heterocycles. The summed E-state index contributed by atoms with van der Waals surface area (Å²) in [5.74, 6) is 0.888. The number of hydrogen-bond donors (Lipinski definition) is 2. The van der Waals surface area contributed by atoms with Gasteiger partial charge in [0.1, 0.15) is 5.75 Å². The summed E-state index contributed by atoms with van der Waals surface area (Å²) >= 11 is 0. The Kier molecular flexibility index (Phi) is 4.98. The third-order valence-electron chi connectivity index (χ3n) is 2.06. The Bertz CT molecular complexity index is 269. The quantitative estimate of drug-likeness (QED) is 0.755. The molecule has 1 rings (SSSR count). The Hall–Kier alpha value is -1.22. The number of nitrogens with one attached hydrogen (secondary N) is 1. The van der Waals surface area contributed by atoms with Gasteiger partial charge in [-0.25, -0.2) is 0 Å². The van der Waals surface area contributed by atoms with Crippen LogP contribution in [0.5, 0.6) is 5.75 Å². The Morgan fingerprint density at radius 1 is 1.33 bits per heavy atom. The molecule has 0 aliphatic heterocycles. The van der Waals surface area contributed by atoms with Crippen molar-refractivity contribution in [3.05, 3.63) is 24.3 Å². The van der Waals surface area contributed by atoms with E-state index >= 15 is 0 Å². The first-order valence-electron chi connectivity index (χ1n) is 5.37. The van der Waals surface area contributed by atoms with Gasteiger partial charge in [-0.3, -0.25) is 0 Å². The van der Waals surface area contributed by atoms with Gasteiger partial charge in [0, 0.05) is 12.2 Å². The molecule has 1 aromatic carbocycles. The lowest BCUT2D eigenvalue weighted by atomic mass is 10.2. The Labute approximate surface area is 91.1 Å². The number of benzene rings is 1. The summed E-state index contributed by atoms with van der Waals surface area (Å²) in [7, 11) is 0. The van der Waals surface area contributed by atoms with E-state index in [-0.39, 0.29) is 6.10 Å². The second kappa shape index (κ2) is 6.30. The molecule has 1 atom stereocenters. The minimum Gasteiger partial charge on any atom is -0.494 e. The number of aliphatic hydroxyl groups is 1. The van der Waals surface area contributed by atoms with Crippen LogP contribution in [0.2, 0.25) is 0 Å². The summed E-state index contributed by atoms with van der Waals surface area (Å²) in [6, 6.07) is 7.84. The van der Waals surface area contributed by atoms with Crippen LogP contribution in [-0.4, -0.2) is 24.4 Å². The predicted octanol–water partition coefficient (Wildman–Crippen LogP) is 2.27. The van der Waals surface area contributed by atoms with E-state index in [1.165, 1.54) is 0 Å². The van der Waals surface area contributed by atoms with Crippen molar-refractivity contribution in [2.45, 2.75) is 26.4 Å². The van der Waals surface area contributed by atoms with Crippen molar-refractivity contribution in [1.82, 2.24) is 0 Å². The van der Waals surface area contributed by atoms with Crippen molar-refractivity contribution in [2.24, 2.45) is 0 Å². The molecule has 0 aromatic heterocycles. The fraction of sp³-hybridized carbons (Fsp3) is 0.500. The highest BCUT2D eigenvalue weighted by atomic mass is 16.5. The Balaban J connectivity index is 2.36. The van der Waals surface area contributed by atoms with E-state index in [1.54, 1.807) is 6.92 Å². The van der Waals surface area contributed by atoms with Gasteiger partial charge in [-0.05, 0) is 44.5 Å². The highest BCUT2D eigenvalue weighted by Gasteiger charge is 1.96. The van der Waals surface area contributed by atoms with Crippen LogP contribution in [0.4, 0.5) is 5.69 Å². The molecule has 0 aliphatic carbocycles. The van der Waals surface area contributed by atoms with E-state index in [1.807, 2.05) is 31.2 Å². The van der Waals surface area contributed by atoms with Crippen LogP contribution in [0, 0.1) is 0 Å². The van der Waals surface area contributed by atoms with Crippen molar-refractivity contribution in [1.29, 1.82) is 0 Å². The summed E-state index contributed by atoms with van der Waals surface area (Å²) in [6.07, 6.45) is 0.507. The maximum Gasteiger partial charge on any atom is 0.119 e. The zero-order valence-electron chi connectivity index (χ0n) is 9.36. The van der Waals surface area contributed by atoms with E-state index in [9.17, 15) is 0 Å². The van der Waals surface area contributed by atoms with Gasteiger partial charge in [-0.1, -0.05) is 0 Å². The zero-order valence-corrected chi connectivity index (χ0v) is 9.36. The fourth-order valence-electron chi connectivity index (χ4n) is 1.26. The molecule has 0 aliphatic rings. The molecule has 0 bridgehead atoms. The average molecular weight is 209 g/mol. The van der Waals surface area contributed by atoms with Crippen LogP contribution in [0.1, 0.15) is 20.3 Å². The lowest BCUT2D eigenvalue weighted by molar-refractivity contribution is 0.189. The molecule has 0 saturated carbocycles. The Morgan fingerprint density at radius 3 is 2.53 bits per heavy atom. The summed E-state index contributed by atoms with van der Waals surface area (Å²) in [5, 5.41) is 12.3. The first-order chi connectivity index (χ1) is 7.22. The van der Waals surface area contributed by atoms with E-state index < -0.39 is 0 Å². The predicted molar refractivity (Wildman–Crippen MR) is 62.4 cm³/mol. The van der Waals surface area contributed by atoms with Crippen molar-refractivity contribution in [3.63, 3.8) is 0 Å². The van der Waals surface area contributed by atoms with E-state index in [0.29, 0.717) is 6.61 Å². The monoisotopic (exact) mass is 209 g/mol. The molecule has 84 valence electrons. The maximum atomic E-state index is 9.08. The van der Waals surface area contributed by atoms with Gasteiger partial charge >= 0.3 is 0 Å². The van der Waals surface area contributed by atoms with Crippen LogP contribution in [-0.2, 0) is 0 Å². The summed E-state index contributed by atoms with van der Waals surface area (Å²) in [5.41, 5.74) is 1.05. The zero-order chi connectivity index (χ0) is 11.1. The SMILES string of the molecule is CCOc1ccc(NCCC(C)O)cc1. The molecule has 0 saturated heterocycles. The molecule has 0 spiro atoms. The summed E-state index contributed by atoms with van der Waals surface area (Å²) in [4.78, 5) is 0. The Morgan fingerprint density at radius 2 is 2.00 bits per heavy atom. The summed E-state index contributed by atoms with van der Waals surface area (Å²) in [6.45, 7) is 5.23. The molecule has 0 radical (unpaired) electrons. The third-order valence-corrected chi connectivity index (χ3v) is 2.06. The fourth-order valence-corrected chi connectivity index (χ4v) is 1.26. The average Bonchev–Trinajstić information content (AvgIpc) is 2.20. The molecular weight excluding hydrogens is 190 g/mol. The lowest BCUT2D eigenvalue weighted by Crippen LogP contribution is -2.09. The highest BCUT2D eigenvalue weighted by Crippen LogP contribution is 2.15. The molecular formula is C12H19NO2. The molecule has 0 fully saturated rings. The highest BCUT2D eigenvalue weighted by molar-refractivity contribution is 5.46. The number of ether oxygens (including phenoxy) is 1. The smallest absolute Gasteiger partial charge is 0.119 e. The second-order valence-electron chi connectivity index (χ2n) is 3.52. The molecule has 2 N–H and O–H groups in total. The first-order valence-corrected chi connectivity index (χ1v) is 5.37. The van der Waals surface area contributed by atoms with Gasteiger partial charge in [0.2, 0.25) is 0 Å². The van der Waals surface area contributed by atoms with Crippen LogP contribution in [0.15, 0.2) is 24.3 Å². The number of anilines is 1. The normalized spacial score (nSPS) is 12.2. The largest absolute Gasteiger partial charge is 0.494 e. The van der Waals surface area contributed by atoms with Crippen molar-refractivity contribution in [3.8, 4) is 5.75 Å². The van der Waals surface area contributed by atoms with Gasteiger partial charge in [-0.2, -0.15) is 0 Å². The standard InChI is InChI=1S/C12H19NO2/c1-3-15-12-6-4-11(5-7-12)13-9-8-10(2)14/h4-7,10,13-14H,3,8-9H2,1-2H3. The van der Waals surface area contributed by atoms with Crippen molar-refractivity contribution in [2.75, 3.05) is 18.5 Å². The van der Waals surface area contributed by atoms with Crippen molar-refractivity contribution >= 4 is 5.69 Å². The second-order valence-corrected chi connectivity index (χ2v) is 3.52. The number of rotatable bonds is 6. The molecule has 15 heavy (non-hydrogen) atoms. The van der Waals surface area contributed by atoms with Crippen molar-refractivity contribution < 1.29 is 9.84 Å². The number of hydrogen-bond acceptors (Lipinski definition) is 3. The van der Waals surface area contributed by atoms with E-state index in [4.69, 9.17) is 9.84 Å². The van der Waals surface area contributed by atoms with Crippen LogP contribution < -0.4 is 10.1 Å². The van der Waals surface area contributed by atoms with Gasteiger partial charge in [0.25, 0.3) is 0 Å². The van der Waals surface area contributed by atoms with Gasteiger partial charge in [-0.15, -0.1) is 0 Å². The van der Waals surface area contributed by atoms with Gasteiger partial charge in [0.15, 0.2) is 0 Å². The van der Waals surface area contributed by atoms with Gasteiger partial charge < -0.3 is 15.2 Å². The van der Waals surface area contributed by atoms with E-state index in [2.05, 4.69) is 5.32 Å². The summed E-state index contributed by atoms with van der Waals surface area (Å²) < 4.78 is 5.34. The number of aliphatic hydroxyl groups excluding tert-OH is 1.